The van der Waals surface area contributed by atoms with E-state index in [1.54, 1.807) is 0 Å². The summed E-state index contributed by atoms with van der Waals surface area (Å²) in [7, 11) is 0. The first-order valence-corrected chi connectivity index (χ1v) is 9.73. The molecule has 1 aromatic rings. The molecule has 2 bridgehead atoms. The number of Topliss-reactive ketones (excluding diaryl/α,β-unsaturated/α-hetero) is 1. The Hall–Kier alpha value is -1.84. The van der Waals surface area contributed by atoms with Crippen molar-refractivity contribution < 1.29 is 14.3 Å². The summed E-state index contributed by atoms with van der Waals surface area (Å²) in [6.07, 6.45) is 3.80. The van der Waals surface area contributed by atoms with Crippen LogP contribution in [0, 0.1) is 19.8 Å². The molecule has 4 heteroatoms. The summed E-state index contributed by atoms with van der Waals surface area (Å²) in [5, 5.41) is 0. The highest BCUT2D eigenvalue weighted by Gasteiger charge is 2.46. The minimum atomic E-state index is -0.480. The molecule has 0 aliphatic carbocycles. The van der Waals surface area contributed by atoms with Crippen molar-refractivity contribution in [3.8, 4) is 0 Å². The van der Waals surface area contributed by atoms with Crippen LogP contribution in [0.4, 0.5) is 4.79 Å². The van der Waals surface area contributed by atoms with E-state index in [-0.39, 0.29) is 24.1 Å². The van der Waals surface area contributed by atoms with Gasteiger partial charge in [0.2, 0.25) is 0 Å². The largest absolute Gasteiger partial charge is 0.444 e. The number of nitrogens with zero attached hydrogens (tertiary/aromatic N) is 1. The number of ketones is 1. The van der Waals surface area contributed by atoms with Crippen LogP contribution in [-0.2, 0) is 16.0 Å². The van der Waals surface area contributed by atoms with E-state index in [4.69, 9.17) is 4.74 Å². The van der Waals surface area contributed by atoms with E-state index in [0.29, 0.717) is 12.2 Å². The van der Waals surface area contributed by atoms with Gasteiger partial charge >= 0.3 is 6.09 Å². The maximum absolute atomic E-state index is 12.9. The number of aryl methyl sites for hydroxylation is 2. The lowest BCUT2D eigenvalue weighted by Crippen LogP contribution is -2.49. The van der Waals surface area contributed by atoms with Gasteiger partial charge in [-0.15, -0.1) is 0 Å². The molecule has 1 amide bonds. The molecule has 3 rings (SSSR count). The van der Waals surface area contributed by atoms with Crippen LogP contribution in [-0.4, -0.2) is 34.5 Å². The van der Waals surface area contributed by atoms with E-state index >= 15 is 0 Å². The first kappa shape index (κ1) is 18.9. The molecule has 2 aliphatic rings. The number of hydrogen-bond donors (Lipinski definition) is 0. The van der Waals surface area contributed by atoms with Crippen LogP contribution in [0.3, 0.4) is 0 Å². The summed E-state index contributed by atoms with van der Waals surface area (Å²) in [5.41, 5.74) is 3.03. The van der Waals surface area contributed by atoms with Gasteiger partial charge in [-0.2, -0.15) is 0 Å². The molecule has 0 radical (unpaired) electrons. The molecule has 0 N–H and O–H groups in total. The quantitative estimate of drug-likeness (QED) is 0.795. The second kappa shape index (κ2) is 7.05. The van der Waals surface area contributed by atoms with Gasteiger partial charge in [-0.1, -0.05) is 29.3 Å². The number of piperidine rings is 1. The van der Waals surface area contributed by atoms with Gasteiger partial charge in [-0.3, -0.25) is 4.79 Å². The average molecular weight is 357 g/mol. The van der Waals surface area contributed by atoms with Crippen molar-refractivity contribution in [3.05, 3.63) is 34.9 Å². The van der Waals surface area contributed by atoms with Gasteiger partial charge in [0.25, 0.3) is 0 Å². The Kier molecular flexibility index (Phi) is 5.14. The summed E-state index contributed by atoms with van der Waals surface area (Å²) >= 11 is 0. The second-order valence-corrected chi connectivity index (χ2v) is 9.08. The van der Waals surface area contributed by atoms with E-state index in [9.17, 15) is 9.59 Å². The summed E-state index contributed by atoms with van der Waals surface area (Å²) in [6.45, 7) is 9.83. The predicted molar refractivity (Wildman–Crippen MR) is 102 cm³/mol. The van der Waals surface area contributed by atoms with Gasteiger partial charge in [-0.05, 0) is 65.9 Å². The SMILES string of the molecule is Cc1cc(C)cc(CC(=O)C2CC3CCC(C2)N3C(=O)OC(C)(C)C)c1. The Morgan fingerprint density at radius 2 is 1.58 bits per heavy atom. The van der Waals surface area contributed by atoms with Crippen molar-refractivity contribution in [3.63, 3.8) is 0 Å². The van der Waals surface area contributed by atoms with Crippen molar-refractivity contribution in [2.45, 2.75) is 84.4 Å². The first-order valence-electron chi connectivity index (χ1n) is 9.73. The van der Waals surface area contributed by atoms with Crippen molar-refractivity contribution >= 4 is 11.9 Å². The summed E-state index contributed by atoms with van der Waals surface area (Å²) in [6, 6.07) is 6.65. The monoisotopic (exact) mass is 357 g/mol. The molecule has 26 heavy (non-hydrogen) atoms. The molecule has 2 saturated heterocycles. The van der Waals surface area contributed by atoms with Crippen LogP contribution in [0.25, 0.3) is 0 Å². The number of hydrogen-bond acceptors (Lipinski definition) is 3. The molecule has 0 spiro atoms. The van der Waals surface area contributed by atoms with Crippen LogP contribution in [0.2, 0.25) is 0 Å². The van der Waals surface area contributed by atoms with Crippen LogP contribution in [0.5, 0.6) is 0 Å². The molecule has 4 nitrogen and oxygen atoms in total. The number of fused-ring (bicyclic) bond motifs is 2. The number of amides is 1. The Morgan fingerprint density at radius 3 is 2.08 bits per heavy atom. The third kappa shape index (κ3) is 4.28. The highest BCUT2D eigenvalue weighted by molar-refractivity contribution is 5.84. The fourth-order valence-electron chi connectivity index (χ4n) is 4.57. The van der Waals surface area contributed by atoms with Gasteiger partial charge in [0, 0.05) is 24.4 Å². The molecule has 0 aromatic heterocycles. The van der Waals surface area contributed by atoms with Gasteiger partial charge < -0.3 is 9.64 Å². The molecular formula is C22H31NO3. The Bertz CT molecular complexity index is 670. The average Bonchev–Trinajstić information content (AvgIpc) is 2.75. The number of rotatable bonds is 3. The van der Waals surface area contributed by atoms with Crippen molar-refractivity contribution in [1.82, 2.24) is 4.90 Å². The van der Waals surface area contributed by atoms with Crippen LogP contribution >= 0.6 is 0 Å². The minimum absolute atomic E-state index is 0.0620. The molecular weight excluding hydrogens is 326 g/mol. The highest BCUT2D eigenvalue weighted by atomic mass is 16.6. The summed E-state index contributed by atoms with van der Waals surface area (Å²) in [4.78, 5) is 27.3. The third-order valence-corrected chi connectivity index (χ3v) is 5.45. The molecule has 0 saturated carbocycles. The van der Waals surface area contributed by atoms with Crippen molar-refractivity contribution in [2.24, 2.45) is 5.92 Å². The normalized spacial score (nSPS) is 25.3. The zero-order chi connectivity index (χ0) is 19.1. The smallest absolute Gasteiger partial charge is 0.410 e. The van der Waals surface area contributed by atoms with E-state index in [2.05, 4.69) is 32.0 Å². The number of benzene rings is 1. The van der Waals surface area contributed by atoms with Gasteiger partial charge in [0.1, 0.15) is 11.4 Å². The lowest BCUT2D eigenvalue weighted by Gasteiger charge is -2.39. The van der Waals surface area contributed by atoms with Crippen molar-refractivity contribution in [2.75, 3.05) is 0 Å². The van der Waals surface area contributed by atoms with Crippen LogP contribution < -0.4 is 0 Å². The predicted octanol–water partition coefficient (Wildman–Crippen LogP) is 4.59. The number of carbonyl (C=O) groups excluding carboxylic acids is 2. The van der Waals surface area contributed by atoms with E-state index in [0.717, 1.165) is 31.2 Å². The van der Waals surface area contributed by atoms with Crippen LogP contribution in [0.1, 0.15) is 63.1 Å². The summed E-state index contributed by atoms with van der Waals surface area (Å²) in [5.74, 6) is 0.378. The minimum Gasteiger partial charge on any atom is -0.444 e. The Labute approximate surface area is 156 Å². The highest BCUT2D eigenvalue weighted by Crippen LogP contribution is 2.40. The van der Waals surface area contributed by atoms with Crippen molar-refractivity contribution in [1.29, 1.82) is 0 Å². The first-order chi connectivity index (χ1) is 12.1. The topological polar surface area (TPSA) is 46.6 Å². The zero-order valence-electron chi connectivity index (χ0n) is 16.7. The van der Waals surface area contributed by atoms with Gasteiger partial charge in [-0.25, -0.2) is 4.79 Å². The fraction of sp³-hybridized carbons (Fsp3) is 0.636. The molecule has 1 aromatic carbocycles. The Morgan fingerprint density at radius 1 is 1.04 bits per heavy atom. The molecule has 2 aliphatic heterocycles. The number of carbonyl (C=O) groups is 2. The lowest BCUT2D eigenvalue weighted by molar-refractivity contribution is -0.124. The molecule has 2 unspecified atom stereocenters. The lowest BCUT2D eigenvalue weighted by atomic mass is 9.85. The van der Waals surface area contributed by atoms with Crippen LogP contribution in [0.15, 0.2) is 18.2 Å². The Balaban J connectivity index is 1.65. The van der Waals surface area contributed by atoms with E-state index in [1.807, 2.05) is 25.7 Å². The molecule has 2 heterocycles. The second-order valence-electron chi connectivity index (χ2n) is 9.08. The number of ether oxygens (including phenoxy) is 1. The summed E-state index contributed by atoms with van der Waals surface area (Å²) < 4.78 is 5.58. The van der Waals surface area contributed by atoms with Gasteiger partial charge in [0.05, 0.1) is 0 Å². The zero-order valence-corrected chi connectivity index (χ0v) is 16.7. The third-order valence-electron chi connectivity index (χ3n) is 5.45. The molecule has 2 fully saturated rings. The molecule has 2 atom stereocenters. The van der Waals surface area contributed by atoms with E-state index in [1.165, 1.54) is 11.1 Å². The van der Waals surface area contributed by atoms with Gasteiger partial charge in [0.15, 0.2) is 0 Å². The van der Waals surface area contributed by atoms with E-state index < -0.39 is 5.60 Å². The molecule has 142 valence electrons. The standard InChI is InChI=1S/C22H31NO3/c1-14-8-15(2)10-16(9-14)11-20(24)17-12-18-6-7-19(13-17)23(18)21(25)26-22(3,4)5/h8-10,17-19H,6-7,11-13H2,1-5H3. The fourth-order valence-corrected chi connectivity index (χ4v) is 4.57. The maximum Gasteiger partial charge on any atom is 0.410 e. The maximum atomic E-state index is 12.9.